The van der Waals surface area contributed by atoms with Gasteiger partial charge in [-0.3, -0.25) is 15.0 Å². The van der Waals surface area contributed by atoms with Gasteiger partial charge in [-0.15, -0.1) is 0 Å². The van der Waals surface area contributed by atoms with Gasteiger partial charge in [-0.05, 0) is 36.8 Å². The Morgan fingerprint density at radius 3 is 2.28 bits per heavy atom. The molecule has 156 valence electrons. The summed E-state index contributed by atoms with van der Waals surface area (Å²) in [5.41, 5.74) is 0.736. The number of hydrogen-bond acceptors (Lipinski definition) is 6. The smallest absolute Gasteiger partial charge is 0.312 e. The van der Waals surface area contributed by atoms with E-state index in [1.807, 2.05) is 24.3 Å². The molecule has 1 aliphatic heterocycles. The van der Waals surface area contributed by atoms with Gasteiger partial charge in [-0.1, -0.05) is 23.7 Å². The zero-order valence-electron chi connectivity index (χ0n) is 16.1. The molecule has 2 aromatic carbocycles. The molecule has 0 radical (unpaired) electrons. The second kappa shape index (κ2) is 8.66. The van der Waals surface area contributed by atoms with Gasteiger partial charge in [0.1, 0.15) is 0 Å². The van der Waals surface area contributed by atoms with Crippen molar-refractivity contribution in [3.05, 3.63) is 63.2 Å². The highest BCUT2D eigenvalue weighted by Gasteiger charge is 2.32. The van der Waals surface area contributed by atoms with Crippen LogP contribution in [0.25, 0.3) is 0 Å². The normalized spacial score (nSPS) is 17.1. The summed E-state index contributed by atoms with van der Waals surface area (Å²) in [5.74, 6) is 0.0237. The summed E-state index contributed by atoms with van der Waals surface area (Å²) in [6.07, 6.45) is 0. The summed E-state index contributed by atoms with van der Waals surface area (Å²) >= 11 is 5.94. The van der Waals surface area contributed by atoms with Crippen LogP contribution >= 0.6 is 11.6 Å². The van der Waals surface area contributed by atoms with Crippen LogP contribution in [-0.4, -0.2) is 55.8 Å². The first-order valence-corrected chi connectivity index (χ1v) is 10.9. The Labute approximate surface area is 174 Å². The van der Waals surface area contributed by atoms with Gasteiger partial charge in [0.15, 0.2) is 5.75 Å². The van der Waals surface area contributed by atoms with Gasteiger partial charge in [-0.25, -0.2) is 8.42 Å². The first-order chi connectivity index (χ1) is 13.7. The summed E-state index contributed by atoms with van der Waals surface area (Å²) in [7, 11) is -2.53. The van der Waals surface area contributed by atoms with Gasteiger partial charge >= 0.3 is 5.69 Å². The lowest BCUT2D eigenvalue weighted by molar-refractivity contribution is -0.386. The van der Waals surface area contributed by atoms with Crippen LogP contribution < -0.4 is 4.74 Å². The van der Waals surface area contributed by atoms with Gasteiger partial charge in [0.05, 0.1) is 16.9 Å². The lowest BCUT2D eigenvalue weighted by Crippen LogP contribution is -2.49. The second-order valence-electron chi connectivity index (χ2n) is 6.76. The van der Waals surface area contributed by atoms with Crippen molar-refractivity contribution >= 4 is 27.3 Å². The fourth-order valence-electron chi connectivity index (χ4n) is 3.41. The summed E-state index contributed by atoms with van der Waals surface area (Å²) in [5, 5.41) is 11.9. The van der Waals surface area contributed by atoms with Crippen molar-refractivity contribution in [2.45, 2.75) is 17.9 Å². The molecule has 10 heteroatoms. The number of hydrogen-bond donors (Lipinski definition) is 0. The molecule has 1 unspecified atom stereocenters. The summed E-state index contributed by atoms with van der Waals surface area (Å²) in [6, 6.07) is 11.4. The van der Waals surface area contributed by atoms with Crippen molar-refractivity contribution in [2.24, 2.45) is 0 Å². The summed E-state index contributed by atoms with van der Waals surface area (Å²) in [6.45, 7) is 3.79. The van der Waals surface area contributed by atoms with Gasteiger partial charge in [0, 0.05) is 43.3 Å². The molecule has 0 saturated carbocycles. The molecule has 0 bridgehead atoms. The van der Waals surface area contributed by atoms with E-state index in [1.54, 1.807) is 0 Å². The topological polar surface area (TPSA) is 93.0 Å². The first-order valence-electron chi connectivity index (χ1n) is 9.06. The number of sulfonamides is 1. The highest BCUT2D eigenvalue weighted by atomic mass is 35.5. The number of nitrogens with zero attached hydrogens (tertiary/aromatic N) is 3. The molecule has 0 aromatic heterocycles. The van der Waals surface area contributed by atoms with E-state index in [9.17, 15) is 18.5 Å². The Bertz CT molecular complexity index is 989. The number of benzene rings is 2. The molecule has 0 amide bonds. The quantitative estimate of drug-likeness (QED) is 0.506. The van der Waals surface area contributed by atoms with E-state index < -0.39 is 14.9 Å². The van der Waals surface area contributed by atoms with Crippen LogP contribution in [0.1, 0.15) is 18.5 Å². The monoisotopic (exact) mass is 439 g/mol. The minimum Gasteiger partial charge on any atom is -0.490 e. The highest BCUT2D eigenvalue weighted by molar-refractivity contribution is 7.89. The molecule has 1 saturated heterocycles. The zero-order chi connectivity index (χ0) is 21.2. The molecule has 0 aliphatic carbocycles. The lowest BCUT2D eigenvalue weighted by Gasteiger charge is -2.37. The molecule has 2 aromatic rings. The van der Waals surface area contributed by atoms with E-state index in [0.29, 0.717) is 31.2 Å². The molecule has 29 heavy (non-hydrogen) atoms. The number of piperazine rings is 1. The molecule has 8 nitrogen and oxygen atoms in total. The third kappa shape index (κ3) is 4.53. The number of rotatable bonds is 6. The Hall–Kier alpha value is -2.20. The van der Waals surface area contributed by atoms with Crippen LogP contribution in [0.2, 0.25) is 5.02 Å². The standard InChI is InChI=1S/C19H22ClN3O5S/c1-14(15-3-5-16(20)6-4-15)21-9-11-22(12-10-21)29(26,27)17-7-8-19(28-2)18(13-17)23(24)25/h3-8,13-14H,9-12H2,1-2H3. The predicted molar refractivity (Wildman–Crippen MR) is 110 cm³/mol. The number of ether oxygens (including phenoxy) is 1. The van der Waals surface area contributed by atoms with Crippen LogP contribution in [0.4, 0.5) is 5.69 Å². The van der Waals surface area contributed by atoms with Crippen molar-refractivity contribution in [1.82, 2.24) is 9.21 Å². The molecule has 1 aliphatic rings. The second-order valence-corrected chi connectivity index (χ2v) is 9.13. The summed E-state index contributed by atoms with van der Waals surface area (Å²) in [4.78, 5) is 12.7. The van der Waals surface area contributed by atoms with E-state index in [2.05, 4.69) is 11.8 Å². The Morgan fingerprint density at radius 1 is 1.10 bits per heavy atom. The fraction of sp³-hybridized carbons (Fsp3) is 0.368. The molecule has 1 heterocycles. The van der Waals surface area contributed by atoms with Gasteiger partial charge in [0.2, 0.25) is 10.0 Å². The van der Waals surface area contributed by atoms with E-state index in [1.165, 1.54) is 23.5 Å². The third-order valence-corrected chi connectivity index (χ3v) is 7.30. The molecule has 0 spiro atoms. The average Bonchev–Trinajstić information content (AvgIpc) is 2.73. The molecule has 0 N–H and O–H groups in total. The number of nitro benzene ring substituents is 1. The van der Waals surface area contributed by atoms with Crippen molar-refractivity contribution in [3.8, 4) is 5.75 Å². The van der Waals surface area contributed by atoms with Crippen molar-refractivity contribution in [2.75, 3.05) is 33.3 Å². The van der Waals surface area contributed by atoms with Gasteiger partial charge in [0.25, 0.3) is 0 Å². The largest absolute Gasteiger partial charge is 0.490 e. The minimum atomic E-state index is -3.83. The Kier molecular flexibility index (Phi) is 6.42. The molecule has 3 rings (SSSR count). The number of halogens is 1. The molecule has 1 atom stereocenters. The predicted octanol–water partition coefficient (Wildman–Crippen LogP) is 3.32. The van der Waals surface area contributed by atoms with Crippen molar-refractivity contribution < 1.29 is 18.1 Å². The van der Waals surface area contributed by atoms with Gasteiger partial charge in [-0.2, -0.15) is 4.31 Å². The van der Waals surface area contributed by atoms with E-state index >= 15 is 0 Å². The van der Waals surface area contributed by atoms with Crippen LogP contribution in [0.3, 0.4) is 0 Å². The SMILES string of the molecule is COc1ccc(S(=O)(=O)N2CCN(C(C)c3ccc(Cl)cc3)CC2)cc1[N+](=O)[O-]. The number of methoxy groups -OCH3 is 1. The van der Waals surface area contributed by atoms with Gasteiger partial charge < -0.3 is 4.74 Å². The fourth-order valence-corrected chi connectivity index (χ4v) is 4.97. The van der Waals surface area contributed by atoms with E-state index in [0.717, 1.165) is 11.6 Å². The molecular weight excluding hydrogens is 418 g/mol. The highest BCUT2D eigenvalue weighted by Crippen LogP contribution is 2.31. The number of nitro groups is 1. The summed E-state index contributed by atoms with van der Waals surface area (Å²) < 4.78 is 32.3. The maximum atomic E-state index is 13.0. The zero-order valence-corrected chi connectivity index (χ0v) is 17.7. The van der Waals surface area contributed by atoms with Crippen LogP contribution in [0, 0.1) is 10.1 Å². The van der Waals surface area contributed by atoms with Crippen molar-refractivity contribution in [3.63, 3.8) is 0 Å². The Morgan fingerprint density at radius 2 is 1.72 bits per heavy atom. The maximum absolute atomic E-state index is 13.0. The Balaban J connectivity index is 1.73. The van der Waals surface area contributed by atoms with E-state index in [4.69, 9.17) is 16.3 Å². The van der Waals surface area contributed by atoms with Crippen LogP contribution in [0.5, 0.6) is 5.75 Å². The van der Waals surface area contributed by atoms with Crippen LogP contribution in [-0.2, 0) is 10.0 Å². The first kappa shape index (κ1) is 21.5. The van der Waals surface area contributed by atoms with E-state index in [-0.39, 0.29) is 22.4 Å². The molecular formula is C19H22ClN3O5S. The molecule has 1 fully saturated rings. The van der Waals surface area contributed by atoms with Crippen molar-refractivity contribution in [1.29, 1.82) is 0 Å². The van der Waals surface area contributed by atoms with Crippen LogP contribution in [0.15, 0.2) is 47.4 Å². The third-order valence-electron chi connectivity index (χ3n) is 5.16. The average molecular weight is 440 g/mol. The lowest BCUT2D eigenvalue weighted by atomic mass is 10.1. The minimum absolute atomic E-state index is 0.0237. The maximum Gasteiger partial charge on any atom is 0.312 e.